The van der Waals surface area contributed by atoms with Gasteiger partial charge in [0.25, 0.3) is 0 Å². The zero-order valence-electron chi connectivity index (χ0n) is 17.0. The van der Waals surface area contributed by atoms with Crippen molar-refractivity contribution in [3.05, 3.63) is 111 Å². The molecular formula is C25H19F2NO3. The van der Waals surface area contributed by atoms with Crippen molar-refractivity contribution >= 4 is 16.7 Å². The first-order chi connectivity index (χ1) is 14.9. The molecule has 0 aliphatic rings. The maximum atomic E-state index is 14.7. The van der Waals surface area contributed by atoms with Crippen molar-refractivity contribution < 1.29 is 18.3 Å². The number of rotatable bonds is 5. The number of fused-ring (bicyclic) bond motifs is 1. The summed E-state index contributed by atoms with van der Waals surface area (Å²) in [7, 11) is 1.55. The van der Waals surface area contributed by atoms with Crippen molar-refractivity contribution in [2.24, 2.45) is 0 Å². The van der Waals surface area contributed by atoms with E-state index in [9.17, 15) is 18.4 Å². The molecule has 0 bridgehead atoms. The second kappa shape index (κ2) is 8.14. The Morgan fingerprint density at radius 3 is 2.32 bits per heavy atom. The first-order valence-electron chi connectivity index (χ1n) is 9.64. The van der Waals surface area contributed by atoms with Gasteiger partial charge >= 0.3 is 0 Å². The number of aromatic nitrogens is 1. The zero-order valence-corrected chi connectivity index (χ0v) is 17.0. The normalized spacial score (nSPS) is 11.0. The summed E-state index contributed by atoms with van der Waals surface area (Å²) in [6, 6.07) is 15.6. The fraction of sp³-hybridized carbons (Fsp3) is 0.120. The van der Waals surface area contributed by atoms with E-state index in [0.717, 1.165) is 23.3 Å². The van der Waals surface area contributed by atoms with E-state index in [-0.39, 0.29) is 23.0 Å². The molecule has 0 spiro atoms. The van der Waals surface area contributed by atoms with Crippen molar-refractivity contribution in [1.82, 2.24) is 4.57 Å². The first-order valence-corrected chi connectivity index (χ1v) is 9.64. The van der Waals surface area contributed by atoms with E-state index in [1.807, 2.05) is 6.92 Å². The topological polar surface area (TPSA) is 48.3 Å². The highest BCUT2D eigenvalue weighted by Crippen LogP contribution is 2.21. The molecule has 0 radical (unpaired) electrons. The summed E-state index contributed by atoms with van der Waals surface area (Å²) in [5, 5.41) is -0.177. The van der Waals surface area contributed by atoms with Gasteiger partial charge in [-0.25, -0.2) is 8.78 Å². The standard InChI is InChI=1S/C25H19F2NO3/c1-15-3-7-17(8-4-15)24(29)21-14-28(13-16-5-9-19(31-2)10-6-16)23-20(25(21)30)11-18(26)12-22(23)27/h3-12,14H,13H2,1-2H3. The second-order valence-corrected chi connectivity index (χ2v) is 7.33. The van der Waals surface area contributed by atoms with Crippen LogP contribution in [0.4, 0.5) is 8.78 Å². The average molecular weight is 419 g/mol. The van der Waals surface area contributed by atoms with Gasteiger partial charge in [0, 0.05) is 24.4 Å². The molecule has 0 fully saturated rings. The minimum Gasteiger partial charge on any atom is -0.497 e. The molecule has 1 aromatic heterocycles. The Bertz CT molecular complexity index is 1340. The Hall–Kier alpha value is -3.80. The molecule has 3 aromatic carbocycles. The van der Waals surface area contributed by atoms with Gasteiger partial charge in [-0.15, -0.1) is 0 Å². The number of hydrogen-bond acceptors (Lipinski definition) is 3. The first kappa shape index (κ1) is 20.5. The van der Waals surface area contributed by atoms with Crippen LogP contribution in [0.2, 0.25) is 0 Å². The molecule has 0 aliphatic heterocycles. The van der Waals surface area contributed by atoms with E-state index in [4.69, 9.17) is 4.74 Å². The molecule has 0 amide bonds. The summed E-state index contributed by atoms with van der Waals surface area (Å²) in [5.41, 5.74) is 1.19. The number of hydrogen-bond donors (Lipinski definition) is 0. The Kier molecular flexibility index (Phi) is 5.38. The number of carbonyl (C=O) groups is 1. The highest BCUT2D eigenvalue weighted by Gasteiger charge is 2.20. The number of benzene rings is 3. The summed E-state index contributed by atoms with van der Waals surface area (Å²) in [4.78, 5) is 26.1. The van der Waals surface area contributed by atoms with Crippen molar-refractivity contribution in [3.63, 3.8) is 0 Å². The van der Waals surface area contributed by atoms with Gasteiger partial charge in [-0.1, -0.05) is 42.0 Å². The molecule has 6 heteroatoms. The van der Waals surface area contributed by atoms with E-state index in [0.29, 0.717) is 11.3 Å². The second-order valence-electron chi connectivity index (χ2n) is 7.33. The highest BCUT2D eigenvalue weighted by molar-refractivity contribution is 6.10. The summed E-state index contributed by atoms with van der Waals surface area (Å²) in [5.74, 6) is -1.58. The summed E-state index contributed by atoms with van der Waals surface area (Å²) >= 11 is 0. The fourth-order valence-corrected chi connectivity index (χ4v) is 3.53. The van der Waals surface area contributed by atoms with Crippen LogP contribution in [0.25, 0.3) is 10.9 Å². The molecule has 156 valence electrons. The molecule has 0 N–H and O–H groups in total. The van der Waals surface area contributed by atoms with Crippen LogP contribution in [-0.2, 0) is 6.54 Å². The number of aryl methyl sites for hydroxylation is 1. The molecule has 0 unspecified atom stereocenters. The van der Waals surface area contributed by atoms with E-state index in [1.54, 1.807) is 55.6 Å². The molecular weight excluding hydrogens is 400 g/mol. The predicted molar refractivity (Wildman–Crippen MR) is 115 cm³/mol. The lowest BCUT2D eigenvalue weighted by molar-refractivity contribution is 0.103. The van der Waals surface area contributed by atoms with Crippen molar-refractivity contribution in [1.29, 1.82) is 0 Å². The maximum Gasteiger partial charge on any atom is 0.200 e. The number of nitrogens with zero attached hydrogens (tertiary/aromatic N) is 1. The van der Waals surface area contributed by atoms with Crippen molar-refractivity contribution in [2.75, 3.05) is 7.11 Å². The highest BCUT2D eigenvalue weighted by atomic mass is 19.1. The number of ketones is 1. The van der Waals surface area contributed by atoms with Gasteiger partial charge in [-0.2, -0.15) is 0 Å². The fourth-order valence-electron chi connectivity index (χ4n) is 3.53. The van der Waals surface area contributed by atoms with Gasteiger partial charge in [-0.05, 0) is 30.7 Å². The van der Waals surface area contributed by atoms with Crippen molar-refractivity contribution in [3.8, 4) is 5.75 Å². The number of halogens is 2. The van der Waals surface area contributed by atoms with Gasteiger partial charge < -0.3 is 9.30 Å². The largest absolute Gasteiger partial charge is 0.497 e. The number of pyridine rings is 1. The lowest BCUT2D eigenvalue weighted by atomic mass is 10.0. The average Bonchev–Trinajstić information content (AvgIpc) is 2.76. The molecule has 1 heterocycles. The molecule has 0 atom stereocenters. The monoisotopic (exact) mass is 419 g/mol. The lowest BCUT2D eigenvalue weighted by Gasteiger charge is -2.15. The third kappa shape index (κ3) is 3.97. The van der Waals surface area contributed by atoms with Crippen LogP contribution in [0, 0.1) is 18.6 Å². The molecule has 4 rings (SSSR count). The van der Waals surface area contributed by atoms with Crippen LogP contribution in [0.15, 0.2) is 71.7 Å². The van der Waals surface area contributed by atoms with Gasteiger partial charge in [0.15, 0.2) is 11.6 Å². The number of carbonyl (C=O) groups excluding carboxylic acids is 1. The third-order valence-electron chi connectivity index (χ3n) is 5.16. The summed E-state index contributed by atoms with van der Waals surface area (Å²) in [6.07, 6.45) is 1.35. The summed E-state index contributed by atoms with van der Waals surface area (Å²) < 4.78 is 35.3. The van der Waals surface area contributed by atoms with E-state index >= 15 is 0 Å². The Morgan fingerprint density at radius 2 is 1.68 bits per heavy atom. The molecule has 0 saturated carbocycles. The molecule has 31 heavy (non-hydrogen) atoms. The maximum absolute atomic E-state index is 14.7. The van der Waals surface area contributed by atoms with E-state index in [1.165, 1.54) is 10.8 Å². The van der Waals surface area contributed by atoms with Gasteiger partial charge in [0.2, 0.25) is 5.43 Å². The smallest absolute Gasteiger partial charge is 0.200 e. The minimum absolute atomic E-state index is 0.0531. The molecule has 0 saturated heterocycles. The van der Waals surface area contributed by atoms with Crippen LogP contribution >= 0.6 is 0 Å². The van der Waals surface area contributed by atoms with Crippen LogP contribution < -0.4 is 10.2 Å². The Labute approximate surface area is 177 Å². The van der Waals surface area contributed by atoms with Crippen molar-refractivity contribution in [2.45, 2.75) is 13.5 Å². The van der Waals surface area contributed by atoms with E-state index < -0.39 is 22.8 Å². The molecule has 0 aliphatic carbocycles. The van der Waals surface area contributed by atoms with E-state index in [2.05, 4.69) is 0 Å². The lowest BCUT2D eigenvalue weighted by Crippen LogP contribution is -2.21. The van der Waals surface area contributed by atoms with Gasteiger partial charge in [-0.3, -0.25) is 9.59 Å². The SMILES string of the molecule is COc1ccc(Cn2cc(C(=O)c3ccc(C)cc3)c(=O)c3cc(F)cc(F)c32)cc1. The van der Waals surface area contributed by atoms with Gasteiger partial charge in [0.1, 0.15) is 11.6 Å². The summed E-state index contributed by atoms with van der Waals surface area (Å²) in [6.45, 7) is 2.06. The molecule has 4 nitrogen and oxygen atoms in total. The number of ether oxygens (including phenoxy) is 1. The Balaban J connectivity index is 1.91. The quantitative estimate of drug-likeness (QED) is 0.434. The number of methoxy groups -OCH3 is 1. The minimum atomic E-state index is -0.877. The van der Waals surface area contributed by atoms with Gasteiger partial charge in [0.05, 0.1) is 23.6 Å². The zero-order chi connectivity index (χ0) is 22.1. The predicted octanol–water partition coefficient (Wildman–Crippen LogP) is 4.88. The van der Waals surface area contributed by atoms with Crippen LogP contribution in [0.1, 0.15) is 27.0 Å². The van der Waals surface area contributed by atoms with Crippen LogP contribution in [-0.4, -0.2) is 17.5 Å². The Morgan fingerprint density at radius 1 is 1.00 bits per heavy atom. The van der Waals surface area contributed by atoms with Crippen LogP contribution in [0.5, 0.6) is 5.75 Å². The third-order valence-corrected chi connectivity index (χ3v) is 5.16. The van der Waals surface area contributed by atoms with Crippen LogP contribution in [0.3, 0.4) is 0 Å². The molecule has 4 aromatic rings.